The third-order valence-corrected chi connectivity index (χ3v) is 13.3. The SMILES string of the molecule is C/C(=C\[C@H](C(C)C)N(C)C(=O)C(NC(=O)[C@@H](N(C)C(=O)OCc1ccc(NC(=O)[C@H](CCCNC(N)=O)NC(=O)C(N)C(C)C)cc1)C(C)(C)c1cn(C)c2ccccc12)C(C)(C)C)C(=O)N[C@H](CCC(=O)O)C(=O)O. The predicted octanol–water partition coefficient (Wildman–Crippen LogP) is 4.34. The molecule has 0 bridgehead atoms. The largest absolute Gasteiger partial charge is 0.481 e. The molecule has 0 aliphatic heterocycles. The number of carboxylic acid groups (broad SMARTS) is 2. The second-order valence-corrected chi connectivity index (χ2v) is 21.5. The molecular formula is C54H80N10O12. The first-order valence-corrected chi connectivity index (χ1v) is 25.2. The number of ether oxygens (including phenoxy) is 1. The van der Waals surface area contributed by atoms with Crippen LogP contribution in [0.15, 0.2) is 66.4 Å². The average molecular weight is 1060 g/mol. The highest BCUT2D eigenvalue weighted by molar-refractivity contribution is 5.98. The number of urea groups is 1. The van der Waals surface area contributed by atoms with E-state index in [2.05, 4.69) is 26.6 Å². The van der Waals surface area contributed by atoms with Crippen LogP contribution in [-0.4, -0.2) is 135 Å². The molecule has 3 rings (SSSR count). The minimum Gasteiger partial charge on any atom is -0.481 e. The van der Waals surface area contributed by atoms with Crippen molar-refractivity contribution in [1.82, 2.24) is 35.6 Å². The van der Waals surface area contributed by atoms with Gasteiger partial charge >= 0.3 is 24.1 Å². The Kier molecular flexibility index (Phi) is 22.6. The summed E-state index contributed by atoms with van der Waals surface area (Å²) >= 11 is 0. The number of para-hydroxylation sites is 1. The van der Waals surface area contributed by atoms with Crippen LogP contribution in [0, 0.1) is 17.3 Å². The second kappa shape index (κ2) is 27.3. The lowest BCUT2D eigenvalue weighted by Gasteiger charge is -2.42. The number of primary amides is 1. The topological polar surface area (TPSA) is 327 Å². The van der Waals surface area contributed by atoms with E-state index in [0.717, 1.165) is 16.5 Å². The number of nitrogens with zero attached hydrogens (tertiary/aromatic N) is 3. The molecule has 0 saturated carbocycles. The van der Waals surface area contributed by atoms with Gasteiger partial charge in [-0.25, -0.2) is 14.4 Å². The van der Waals surface area contributed by atoms with E-state index < -0.39 is 107 Å². The number of rotatable bonds is 26. The summed E-state index contributed by atoms with van der Waals surface area (Å²) < 4.78 is 7.76. The van der Waals surface area contributed by atoms with Gasteiger partial charge < -0.3 is 62.5 Å². The molecule has 2 unspecified atom stereocenters. The van der Waals surface area contributed by atoms with Crippen molar-refractivity contribution >= 4 is 70.2 Å². The normalized spacial score (nSPS) is 14.3. The molecule has 0 spiro atoms. The third-order valence-electron chi connectivity index (χ3n) is 13.3. The molecule has 11 N–H and O–H groups in total. The Labute approximate surface area is 445 Å². The number of anilines is 1. The Morgan fingerprint density at radius 1 is 0.789 bits per heavy atom. The summed E-state index contributed by atoms with van der Waals surface area (Å²) in [6.45, 7) is 17.6. The van der Waals surface area contributed by atoms with Gasteiger partial charge in [0.15, 0.2) is 0 Å². The number of carbonyl (C=O) groups is 9. The Morgan fingerprint density at radius 3 is 1.96 bits per heavy atom. The van der Waals surface area contributed by atoms with Gasteiger partial charge in [-0.2, -0.15) is 0 Å². The van der Waals surface area contributed by atoms with E-state index in [1.54, 1.807) is 58.9 Å². The number of nitrogens with two attached hydrogens (primary N) is 2. The fraction of sp³-hybridized carbons (Fsp3) is 0.537. The zero-order valence-electron chi connectivity index (χ0n) is 46.1. The summed E-state index contributed by atoms with van der Waals surface area (Å²) in [5.41, 5.74) is 11.7. The molecule has 0 saturated heterocycles. The maximum absolute atomic E-state index is 15.2. The van der Waals surface area contributed by atoms with E-state index in [9.17, 15) is 43.5 Å². The van der Waals surface area contributed by atoms with Crippen molar-refractivity contribution in [2.24, 2.45) is 35.8 Å². The molecule has 2 aromatic carbocycles. The number of carboxylic acids is 2. The minimum atomic E-state index is -1.46. The third kappa shape index (κ3) is 17.3. The number of nitrogens with one attached hydrogen (secondary N) is 5. The Balaban J connectivity index is 1.94. The van der Waals surface area contributed by atoms with E-state index >= 15 is 4.79 Å². The molecule has 3 aromatic rings. The lowest BCUT2D eigenvalue weighted by Crippen LogP contribution is -2.63. The zero-order valence-corrected chi connectivity index (χ0v) is 46.1. The standard InChI is InChI=1S/C54H80N10O12/c1-30(2)40(27-32(5)45(67)60-38(50(72)73)24-25-41(65)66)63(12)49(71)43(53(6,7)8)61-48(70)44(54(9,10)36-28-62(11)39-19-15-14-17-35(36)39)64(13)52(75)76-29-33-20-22-34(23-21-33)58-46(68)37(18-16-26-57-51(56)74)59-47(69)42(55)31(3)4/h14-15,17,19-23,27-28,30-31,37-38,40,42-44H,16,18,24-26,29,55H2,1-13H3,(H,58,68)(H,59,69)(H,60,67)(H,61,70)(H,65,66)(H,72,73)(H3,56,57,74)/b32-27+/t37-,38+,40+,42?,43?,44+/m0/s1. The maximum Gasteiger partial charge on any atom is 0.410 e. The first-order valence-electron chi connectivity index (χ1n) is 25.2. The van der Waals surface area contributed by atoms with Gasteiger partial charge in [-0.1, -0.05) is 98.7 Å². The summed E-state index contributed by atoms with van der Waals surface area (Å²) in [4.78, 5) is 120. The molecule has 76 heavy (non-hydrogen) atoms. The average Bonchev–Trinajstić information content (AvgIpc) is 3.69. The van der Waals surface area contributed by atoms with Crippen LogP contribution in [0.5, 0.6) is 0 Å². The minimum absolute atomic E-state index is 0.0823. The number of aliphatic carboxylic acids is 2. The highest BCUT2D eigenvalue weighted by Gasteiger charge is 2.46. The van der Waals surface area contributed by atoms with Crippen LogP contribution in [-0.2, 0) is 57.4 Å². The Bertz CT molecular complexity index is 2600. The number of fused-ring (bicyclic) bond motifs is 1. The molecule has 1 heterocycles. The molecule has 6 atom stereocenters. The number of carbonyl (C=O) groups excluding carboxylic acids is 7. The van der Waals surface area contributed by atoms with Crippen LogP contribution in [0.25, 0.3) is 10.9 Å². The van der Waals surface area contributed by atoms with Gasteiger partial charge in [0.05, 0.1) is 12.1 Å². The van der Waals surface area contributed by atoms with Crippen LogP contribution in [0.3, 0.4) is 0 Å². The smallest absolute Gasteiger partial charge is 0.410 e. The van der Waals surface area contributed by atoms with Gasteiger partial charge in [0.25, 0.3) is 0 Å². The molecule has 0 radical (unpaired) electrons. The Hall–Kier alpha value is -7.49. The first kappa shape index (κ1) is 62.8. The van der Waals surface area contributed by atoms with Crippen molar-refractivity contribution in [2.45, 2.75) is 143 Å². The fourth-order valence-electron chi connectivity index (χ4n) is 8.71. The number of amides is 8. The molecule has 0 aliphatic rings. The molecular weight excluding hydrogens is 981 g/mol. The molecule has 8 amide bonds. The fourth-order valence-corrected chi connectivity index (χ4v) is 8.71. The van der Waals surface area contributed by atoms with Crippen LogP contribution >= 0.6 is 0 Å². The zero-order chi connectivity index (χ0) is 57.6. The van der Waals surface area contributed by atoms with Crippen LogP contribution in [0.2, 0.25) is 0 Å². The second-order valence-electron chi connectivity index (χ2n) is 21.5. The quantitative estimate of drug-likeness (QED) is 0.0400. The molecule has 22 heteroatoms. The number of likely N-dealkylation sites (N-methyl/N-ethyl adjacent to an activating group) is 2. The lowest BCUT2D eigenvalue weighted by atomic mass is 9.76. The summed E-state index contributed by atoms with van der Waals surface area (Å²) in [6.07, 6.45) is 2.23. The summed E-state index contributed by atoms with van der Waals surface area (Å²) in [5.74, 6) is -6.09. The number of hydrogen-bond donors (Lipinski definition) is 9. The van der Waals surface area contributed by atoms with Gasteiger partial charge in [0.1, 0.15) is 30.8 Å². The highest BCUT2D eigenvalue weighted by atomic mass is 16.6. The van der Waals surface area contributed by atoms with E-state index in [0.29, 0.717) is 17.7 Å². The maximum atomic E-state index is 15.2. The molecule has 0 fully saturated rings. The Morgan fingerprint density at radius 2 is 1.41 bits per heavy atom. The summed E-state index contributed by atoms with van der Waals surface area (Å²) in [7, 11) is 4.84. The van der Waals surface area contributed by atoms with Crippen LogP contribution < -0.4 is 38.1 Å². The van der Waals surface area contributed by atoms with Crippen molar-refractivity contribution in [3.05, 3.63) is 77.5 Å². The number of aryl methyl sites for hydroxylation is 1. The highest BCUT2D eigenvalue weighted by Crippen LogP contribution is 2.37. The van der Waals surface area contributed by atoms with Gasteiger partial charge in [-0.3, -0.25) is 33.7 Å². The van der Waals surface area contributed by atoms with Crippen molar-refractivity contribution < 1.29 is 58.1 Å². The predicted molar refractivity (Wildman–Crippen MR) is 287 cm³/mol. The van der Waals surface area contributed by atoms with Crippen LogP contribution in [0.1, 0.15) is 106 Å². The molecule has 1 aromatic heterocycles. The number of hydrogen-bond acceptors (Lipinski definition) is 11. The first-order chi connectivity index (χ1) is 35.3. The van der Waals surface area contributed by atoms with Gasteiger partial charge in [-0.15, -0.1) is 0 Å². The van der Waals surface area contributed by atoms with E-state index in [1.807, 2.05) is 69.8 Å². The van der Waals surface area contributed by atoms with Gasteiger partial charge in [0.2, 0.25) is 29.5 Å². The monoisotopic (exact) mass is 1060 g/mol. The molecule has 418 valence electrons. The summed E-state index contributed by atoms with van der Waals surface area (Å²) in [6, 6.07) is 6.80. The lowest BCUT2D eigenvalue weighted by molar-refractivity contribution is -0.142. The number of benzene rings is 2. The van der Waals surface area contributed by atoms with Gasteiger partial charge in [0, 0.05) is 67.9 Å². The van der Waals surface area contributed by atoms with E-state index in [4.69, 9.17) is 21.3 Å². The van der Waals surface area contributed by atoms with E-state index in [-0.39, 0.29) is 43.4 Å². The van der Waals surface area contributed by atoms with Crippen molar-refractivity contribution in [1.29, 1.82) is 0 Å². The van der Waals surface area contributed by atoms with Gasteiger partial charge in [-0.05, 0) is 72.8 Å². The molecule has 0 aliphatic carbocycles. The van der Waals surface area contributed by atoms with Crippen molar-refractivity contribution in [2.75, 3.05) is 26.0 Å². The summed E-state index contributed by atoms with van der Waals surface area (Å²) in [5, 5.41) is 32.8. The number of aromatic nitrogens is 1. The van der Waals surface area contributed by atoms with Crippen molar-refractivity contribution in [3.8, 4) is 0 Å². The molecule has 22 nitrogen and oxygen atoms in total. The van der Waals surface area contributed by atoms with Crippen molar-refractivity contribution in [3.63, 3.8) is 0 Å². The van der Waals surface area contributed by atoms with E-state index in [1.165, 1.54) is 36.9 Å². The van der Waals surface area contributed by atoms with Crippen LogP contribution in [0.4, 0.5) is 15.3 Å².